The van der Waals surface area contributed by atoms with Crippen LogP contribution in [0.15, 0.2) is 12.7 Å². The topological polar surface area (TPSA) is 69.0 Å². The Hall–Kier alpha value is -1.59. The maximum absolute atomic E-state index is 11.2. The quantitative estimate of drug-likeness (QED) is 0.817. The van der Waals surface area contributed by atoms with Crippen molar-refractivity contribution in [2.24, 2.45) is 0 Å². The van der Waals surface area contributed by atoms with E-state index >= 15 is 0 Å². The Morgan fingerprint density at radius 1 is 1.50 bits per heavy atom. The number of nitrogens with one attached hydrogen (secondary N) is 1. The van der Waals surface area contributed by atoms with Crippen molar-refractivity contribution in [3.05, 3.63) is 12.7 Å². The highest BCUT2D eigenvalue weighted by molar-refractivity contribution is 5.67. The van der Waals surface area contributed by atoms with Gasteiger partial charge in [-0.1, -0.05) is 12.8 Å². The maximum atomic E-state index is 11.2. The van der Waals surface area contributed by atoms with Crippen LogP contribution in [0.5, 0.6) is 0 Å². The van der Waals surface area contributed by atoms with Gasteiger partial charge in [-0.15, -0.1) is 0 Å². The number of carbonyl (C=O) groups is 1. The lowest BCUT2D eigenvalue weighted by molar-refractivity contribution is 0.153. The zero-order chi connectivity index (χ0) is 11.4. The summed E-state index contributed by atoms with van der Waals surface area (Å²) in [7, 11) is 1.38. The van der Waals surface area contributed by atoms with E-state index in [-0.39, 0.29) is 18.2 Å². The predicted octanol–water partition coefficient (Wildman–Crippen LogP) is 1.12. The van der Waals surface area contributed by atoms with E-state index in [1.54, 1.807) is 6.33 Å². The summed E-state index contributed by atoms with van der Waals surface area (Å²) in [6, 6.07) is 0.276. The van der Waals surface area contributed by atoms with E-state index in [2.05, 4.69) is 20.1 Å². The zero-order valence-corrected chi connectivity index (χ0v) is 9.30. The van der Waals surface area contributed by atoms with Crippen LogP contribution in [-0.2, 0) is 4.74 Å². The van der Waals surface area contributed by atoms with Gasteiger partial charge >= 0.3 is 6.09 Å². The minimum Gasteiger partial charge on any atom is -0.453 e. The van der Waals surface area contributed by atoms with Crippen LogP contribution in [0.3, 0.4) is 0 Å². The largest absolute Gasteiger partial charge is 0.453 e. The van der Waals surface area contributed by atoms with Gasteiger partial charge in [0.05, 0.1) is 19.2 Å². The normalized spacial score (nSPS) is 25.1. The number of alkyl carbamates (subject to hydrolysis) is 1. The highest BCUT2D eigenvalue weighted by Crippen LogP contribution is 2.27. The molecule has 6 heteroatoms. The molecule has 1 fully saturated rings. The molecule has 1 N–H and O–H groups in total. The fourth-order valence-corrected chi connectivity index (χ4v) is 2.20. The van der Waals surface area contributed by atoms with E-state index in [0.717, 1.165) is 25.7 Å². The van der Waals surface area contributed by atoms with Crippen LogP contribution in [0.1, 0.15) is 31.7 Å². The highest BCUT2D eigenvalue weighted by Gasteiger charge is 2.28. The summed E-state index contributed by atoms with van der Waals surface area (Å²) >= 11 is 0. The Morgan fingerprint density at radius 3 is 3.00 bits per heavy atom. The summed E-state index contributed by atoms with van der Waals surface area (Å²) in [5.41, 5.74) is 0. The smallest absolute Gasteiger partial charge is 0.407 e. The summed E-state index contributed by atoms with van der Waals surface area (Å²) in [5, 5.41) is 6.99. The molecule has 1 saturated carbocycles. The van der Waals surface area contributed by atoms with E-state index < -0.39 is 0 Å². The van der Waals surface area contributed by atoms with Gasteiger partial charge in [0.25, 0.3) is 0 Å². The van der Waals surface area contributed by atoms with Crippen LogP contribution in [0.4, 0.5) is 4.79 Å². The third-order valence-corrected chi connectivity index (χ3v) is 2.99. The Bertz CT molecular complexity index is 339. The number of rotatable bonds is 2. The lowest BCUT2D eigenvalue weighted by Gasteiger charge is -2.31. The van der Waals surface area contributed by atoms with Gasteiger partial charge in [-0.25, -0.2) is 14.5 Å². The van der Waals surface area contributed by atoms with Crippen molar-refractivity contribution in [3.63, 3.8) is 0 Å². The molecule has 0 bridgehead atoms. The van der Waals surface area contributed by atoms with Gasteiger partial charge < -0.3 is 10.1 Å². The van der Waals surface area contributed by atoms with Gasteiger partial charge in [-0.3, -0.25) is 0 Å². The number of amides is 1. The molecule has 1 aromatic heterocycles. The second kappa shape index (κ2) is 4.96. The summed E-state index contributed by atoms with van der Waals surface area (Å²) in [6.45, 7) is 0. The van der Waals surface area contributed by atoms with Crippen LogP contribution >= 0.6 is 0 Å². The minimum absolute atomic E-state index is 0.0860. The summed E-state index contributed by atoms with van der Waals surface area (Å²) < 4.78 is 6.44. The van der Waals surface area contributed by atoms with Crippen LogP contribution < -0.4 is 5.32 Å². The summed E-state index contributed by atoms with van der Waals surface area (Å²) in [6.07, 6.45) is 7.09. The third-order valence-electron chi connectivity index (χ3n) is 2.99. The third kappa shape index (κ3) is 2.32. The molecule has 16 heavy (non-hydrogen) atoms. The fourth-order valence-electron chi connectivity index (χ4n) is 2.20. The molecule has 1 aromatic rings. The van der Waals surface area contributed by atoms with Crippen LogP contribution in [-0.4, -0.2) is 34.0 Å². The molecule has 1 aliphatic carbocycles. The highest BCUT2D eigenvalue weighted by atomic mass is 16.5. The van der Waals surface area contributed by atoms with Crippen LogP contribution in [0.2, 0.25) is 0 Å². The Labute approximate surface area is 94.0 Å². The van der Waals surface area contributed by atoms with Crippen molar-refractivity contribution in [3.8, 4) is 0 Å². The number of ether oxygens (including phenoxy) is 1. The fraction of sp³-hybridized carbons (Fsp3) is 0.700. The molecule has 1 aliphatic rings. The van der Waals surface area contributed by atoms with E-state index in [1.165, 1.54) is 13.4 Å². The monoisotopic (exact) mass is 224 g/mol. The summed E-state index contributed by atoms with van der Waals surface area (Å²) in [5.74, 6) is 0. The first kappa shape index (κ1) is 10.9. The molecule has 0 saturated heterocycles. The van der Waals surface area contributed by atoms with Crippen molar-refractivity contribution in [2.45, 2.75) is 37.8 Å². The predicted molar refractivity (Wildman–Crippen MR) is 56.9 cm³/mol. The maximum Gasteiger partial charge on any atom is 0.407 e. The average molecular weight is 224 g/mol. The van der Waals surface area contributed by atoms with Crippen molar-refractivity contribution in [1.82, 2.24) is 20.1 Å². The lowest BCUT2D eigenvalue weighted by Crippen LogP contribution is -2.43. The van der Waals surface area contributed by atoms with E-state index in [0.29, 0.717) is 0 Å². The van der Waals surface area contributed by atoms with Crippen molar-refractivity contribution < 1.29 is 9.53 Å². The molecule has 2 unspecified atom stereocenters. The van der Waals surface area contributed by atoms with Crippen LogP contribution in [0, 0.1) is 0 Å². The first-order valence-electron chi connectivity index (χ1n) is 5.50. The number of hydrogen-bond donors (Lipinski definition) is 1. The molecular formula is C10H16N4O2. The van der Waals surface area contributed by atoms with Gasteiger partial charge in [0.2, 0.25) is 0 Å². The number of aromatic nitrogens is 3. The van der Waals surface area contributed by atoms with E-state index in [1.807, 2.05) is 4.68 Å². The average Bonchev–Trinajstić information content (AvgIpc) is 2.83. The molecule has 0 spiro atoms. The Balaban J connectivity index is 2.05. The number of hydrogen-bond acceptors (Lipinski definition) is 4. The zero-order valence-electron chi connectivity index (χ0n) is 9.30. The second-order valence-electron chi connectivity index (χ2n) is 3.97. The van der Waals surface area contributed by atoms with Gasteiger partial charge in [-0.05, 0) is 12.8 Å². The molecule has 6 nitrogen and oxygen atoms in total. The molecular weight excluding hydrogens is 208 g/mol. The second-order valence-corrected chi connectivity index (χ2v) is 3.97. The minimum atomic E-state index is -0.378. The van der Waals surface area contributed by atoms with E-state index in [4.69, 9.17) is 0 Å². The van der Waals surface area contributed by atoms with Gasteiger partial charge in [0, 0.05) is 0 Å². The lowest BCUT2D eigenvalue weighted by atomic mass is 9.90. The van der Waals surface area contributed by atoms with Gasteiger partial charge in [-0.2, -0.15) is 5.10 Å². The first-order chi connectivity index (χ1) is 7.81. The van der Waals surface area contributed by atoms with Crippen molar-refractivity contribution >= 4 is 6.09 Å². The van der Waals surface area contributed by atoms with Gasteiger partial charge in [0.1, 0.15) is 12.7 Å². The van der Waals surface area contributed by atoms with Crippen molar-refractivity contribution in [1.29, 1.82) is 0 Å². The molecule has 2 atom stereocenters. The molecule has 0 aliphatic heterocycles. The first-order valence-corrected chi connectivity index (χ1v) is 5.50. The standard InChI is InChI=1S/C10H16N4O2/c1-16-10(15)13-8-4-2-3-5-9(8)14-7-11-6-12-14/h6-9H,2-5H2,1H3,(H,13,15). The van der Waals surface area contributed by atoms with Gasteiger partial charge in [0.15, 0.2) is 0 Å². The van der Waals surface area contributed by atoms with Crippen LogP contribution in [0.25, 0.3) is 0 Å². The molecule has 1 heterocycles. The molecule has 1 amide bonds. The number of methoxy groups -OCH3 is 1. The Morgan fingerprint density at radius 2 is 2.31 bits per heavy atom. The SMILES string of the molecule is COC(=O)NC1CCCCC1n1cncn1. The number of nitrogens with zero attached hydrogens (tertiary/aromatic N) is 3. The molecule has 88 valence electrons. The molecule has 2 rings (SSSR count). The Kier molecular flexibility index (Phi) is 3.38. The summed E-state index contributed by atoms with van der Waals surface area (Å²) in [4.78, 5) is 15.2. The molecule has 0 aromatic carbocycles. The van der Waals surface area contributed by atoms with Crippen molar-refractivity contribution in [2.75, 3.05) is 7.11 Å². The van der Waals surface area contributed by atoms with E-state index in [9.17, 15) is 4.79 Å². The molecule has 0 radical (unpaired) electrons. The number of carbonyl (C=O) groups excluding carboxylic acids is 1.